The highest BCUT2D eigenvalue weighted by Gasteiger charge is 2.25. The largest absolute Gasteiger partial charge is 0.467 e. The van der Waals surface area contributed by atoms with Crippen LogP contribution in [0.5, 0.6) is 0 Å². The summed E-state index contributed by atoms with van der Waals surface area (Å²) in [4.78, 5) is 11.6. The topological polar surface area (TPSA) is 35.5 Å². The summed E-state index contributed by atoms with van der Waals surface area (Å²) in [5.41, 5.74) is 0. The normalized spacial score (nSPS) is 25.2. The fourth-order valence-corrected chi connectivity index (χ4v) is 2.56. The highest BCUT2D eigenvalue weighted by molar-refractivity contribution is 5.74. The molecular weight excluding hydrogens is 228 g/mol. The van der Waals surface area contributed by atoms with E-state index in [0.29, 0.717) is 0 Å². The number of ether oxygens (including phenoxy) is 2. The Bertz CT molecular complexity index is 228. The molecule has 1 rings (SSSR count). The molecule has 0 saturated carbocycles. The van der Waals surface area contributed by atoms with Gasteiger partial charge in [-0.1, -0.05) is 51.9 Å². The molecule has 0 aromatic carbocycles. The summed E-state index contributed by atoms with van der Waals surface area (Å²) in [6, 6.07) is 0. The molecule has 0 aliphatic carbocycles. The van der Waals surface area contributed by atoms with Gasteiger partial charge in [0.25, 0.3) is 0 Å². The number of carbonyl (C=O) groups excluding carboxylic acids is 1. The molecule has 0 aromatic rings. The van der Waals surface area contributed by atoms with E-state index in [4.69, 9.17) is 9.47 Å². The first-order chi connectivity index (χ1) is 8.77. The van der Waals surface area contributed by atoms with E-state index < -0.39 is 0 Å². The Hall–Kier alpha value is -0.570. The van der Waals surface area contributed by atoms with Crippen molar-refractivity contribution in [1.29, 1.82) is 0 Å². The first-order valence-corrected chi connectivity index (χ1v) is 7.51. The lowest BCUT2D eigenvalue weighted by atomic mass is 10.00. The number of rotatable bonds is 6. The van der Waals surface area contributed by atoms with Crippen LogP contribution in [-0.4, -0.2) is 25.3 Å². The second kappa shape index (κ2) is 9.37. The zero-order valence-electron chi connectivity index (χ0n) is 12.0. The van der Waals surface area contributed by atoms with Crippen LogP contribution in [0.2, 0.25) is 0 Å². The number of hydrogen-bond acceptors (Lipinski definition) is 3. The van der Waals surface area contributed by atoms with Gasteiger partial charge < -0.3 is 9.47 Å². The lowest BCUT2D eigenvalue weighted by Crippen LogP contribution is -2.31. The SMILES string of the molecule is CCCCCC[C@H]1CCCCC[C@@H](C(=O)OC)O1. The predicted octanol–water partition coefficient (Wildman–Crippen LogP) is 3.85. The third kappa shape index (κ3) is 5.85. The molecule has 106 valence electrons. The molecule has 1 saturated heterocycles. The van der Waals surface area contributed by atoms with Crippen molar-refractivity contribution >= 4 is 5.97 Å². The van der Waals surface area contributed by atoms with Gasteiger partial charge in [-0.25, -0.2) is 4.79 Å². The second-order valence-electron chi connectivity index (χ2n) is 5.26. The van der Waals surface area contributed by atoms with Crippen molar-refractivity contribution < 1.29 is 14.3 Å². The van der Waals surface area contributed by atoms with Crippen molar-refractivity contribution in [1.82, 2.24) is 0 Å². The zero-order chi connectivity index (χ0) is 13.2. The molecule has 0 N–H and O–H groups in total. The number of unbranched alkanes of at least 4 members (excludes halogenated alkanes) is 3. The van der Waals surface area contributed by atoms with Crippen molar-refractivity contribution in [2.45, 2.75) is 83.3 Å². The van der Waals surface area contributed by atoms with Crippen LogP contribution in [0, 0.1) is 0 Å². The van der Waals surface area contributed by atoms with Gasteiger partial charge in [-0.05, 0) is 19.3 Å². The Morgan fingerprint density at radius 3 is 2.67 bits per heavy atom. The summed E-state index contributed by atoms with van der Waals surface area (Å²) in [5, 5.41) is 0. The van der Waals surface area contributed by atoms with Crippen molar-refractivity contribution in [3.05, 3.63) is 0 Å². The molecule has 1 heterocycles. The molecule has 3 heteroatoms. The quantitative estimate of drug-likeness (QED) is 0.535. The molecule has 1 aliphatic rings. The van der Waals surface area contributed by atoms with E-state index in [1.807, 2.05) is 0 Å². The second-order valence-corrected chi connectivity index (χ2v) is 5.26. The van der Waals surface area contributed by atoms with E-state index in [0.717, 1.165) is 25.7 Å². The van der Waals surface area contributed by atoms with Gasteiger partial charge in [-0.15, -0.1) is 0 Å². The lowest BCUT2D eigenvalue weighted by Gasteiger charge is -2.26. The van der Waals surface area contributed by atoms with Crippen LogP contribution >= 0.6 is 0 Å². The van der Waals surface area contributed by atoms with E-state index in [-0.39, 0.29) is 18.2 Å². The van der Waals surface area contributed by atoms with Crippen molar-refractivity contribution in [2.75, 3.05) is 7.11 Å². The van der Waals surface area contributed by atoms with E-state index >= 15 is 0 Å². The predicted molar refractivity (Wildman–Crippen MR) is 72.5 cm³/mol. The Labute approximate surface area is 111 Å². The minimum Gasteiger partial charge on any atom is -0.467 e. The van der Waals surface area contributed by atoms with Gasteiger partial charge in [-0.3, -0.25) is 0 Å². The van der Waals surface area contributed by atoms with Gasteiger partial charge in [0.05, 0.1) is 13.2 Å². The average Bonchev–Trinajstić information content (AvgIpc) is 2.35. The molecule has 0 aromatic heterocycles. The summed E-state index contributed by atoms with van der Waals surface area (Å²) >= 11 is 0. The van der Waals surface area contributed by atoms with Crippen LogP contribution in [0.15, 0.2) is 0 Å². The highest BCUT2D eigenvalue weighted by atomic mass is 16.6. The maximum absolute atomic E-state index is 11.6. The fraction of sp³-hybridized carbons (Fsp3) is 0.933. The first kappa shape index (κ1) is 15.5. The van der Waals surface area contributed by atoms with Gasteiger partial charge in [0.15, 0.2) is 6.10 Å². The van der Waals surface area contributed by atoms with E-state index in [2.05, 4.69) is 6.92 Å². The highest BCUT2D eigenvalue weighted by Crippen LogP contribution is 2.22. The molecule has 0 radical (unpaired) electrons. The van der Waals surface area contributed by atoms with Gasteiger partial charge in [-0.2, -0.15) is 0 Å². The minimum atomic E-state index is -0.327. The Morgan fingerprint density at radius 1 is 1.17 bits per heavy atom. The molecule has 0 bridgehead atoms. The van der Waals surface area contributed by atoms with Gasteiger partial charge in [0, 0.05) is 0 Å². The summed E-state index contributed by atoms with van der Waals surface area (Å²) < 4.78 is 10.8. The van der Waals surface area contributed by atoms with Crippen LogP contribution < -0.4 is 0 Å². The molecule has 2 atom stereocenters. The number of esters is 1. The van der Waals surface area contributed by atoms with E-state index in [1.165, 1.54) is 45.6 Å². The standard InChI is InChI=1S/C15H28O3/c1-3-4-5-7-10-13-11-8-6-9-12-14(18-13)15(16)17-2/h13-14H,3-12H2,1-2H3/t13-,14-/m0/s1. The van der Waals surface area contributed by atoms with Crippen molar-refractivity contribution in [3.8, 4) is 0 Å². The summed E-state index contributed by atoms with van der Waals surface area (Å²) in [7, 11) is 1.45. The van der Waals surface area contributed by atoms with Crippen molar-refractivity contribution in [2.24, 2.45) is 0 Å². The molecule has 0 unspecified atom stereocenters. The van der Waals surface area contributed by atoms with Gasteiger partial charge in [0.1, 0.15) is 0 Å². The molecule has 1 aliphatic heterocycles. The summed E-state index contributed by atoms with van der Waals surface area (Å²) in [6.07, 6.45) is 11.5. The van der Waals surface area contributed by atoms with Crippen molar-refractivity contribution in [3.63, 3.8) is 0 Å². The van der Waals surface area contributed by atoms with Gasteiger partial charge >= 0.3 is 5.97 Å². The minimum absolute atomic E-state index is 0.199. The number of methoxy groups -OCH3 is 1. The number of hydrogen-bond donors (Lipinski definition) is 0. The van der Waals surface area contributed by atoms with E-state index in [1.54, 1.807) is 0 Å². The van der Waals surface area contributed by atoms with Crippen LogP contribution in [0.3, 0.4) is 0 Å². The Balaban J connectivity index is 2.35. The smallest absolute Gasteiger partial charge is 0.334 e. The summed E-state index contributed by atoms with van der Waals surface area (Å²) in [5.74, 6) is -0.199. The van der Waals surface area contributed by atoms with E-state index in [9.17, 15) is 4.79 Å². The third-order valence-corrected chi connectivity index (χ3v) is 3.69. The third-order valence-electron chi connectivity index (χ3n) is 3.69. The molecule has 0 spiro atoms. The Morgan fingerprint density at radius 2 is 1.94 bits per heavy atom. The van der Waals surface area contributed by atoms with Crippen LogP contribution in [0.4, 0.5) is 0 Å². The zero-order valence-corrected chi connectivity index (χ0v) is 12.0. The maximum atomic E-state index is 11.6. The van der Waals surface area contributed by atoms with Crippen LogP contribution in [0.1, 0.15) is 71.1 Å². The lowest BCUT2D eigenvalue weighted by molar-refractivity contribution is -0.160. The molecule has 1 fully saturated rings. The number of carbonyl (C=O) groups is 1. The van der Waals surface area contributed by atoms with Crippen LogP contribution in [-0.2, 0) is 14.3 Å². The molecule has 3 nitrogen and oxygen atoms in total. The molecular formula is C15H28O3. The maximum Gasteiger partial charge on any atom is 0.334 e. The summed E-state index contributed by atoms with van der Waals surface area (Å²) in [6.45, 7) is 2.22. The Kier molecular flexibility index (Phi) is 8.06. The molecule has 0 amide bonds. The average molecular weight is 256 g/mol. The fourth-order valence-electron chi connectivity index (χ4n) is 2.56. The monoisotopic (exact) mass is 256 g/mol. The van der Waals surface area contributed by atoms with Crippen LogP contribution in [0.25, 0.3) is 0 Å². The van der Waals surface area contributed by atoms with Gasteiger partial charge in [0.2, 0.25) is 0 Å². The molecule has 18 heavy (non-hydrogen) atoms. The first-order valence-electron chi connectivity index (χ1n) is 7.51.